The number of benzene rings is 1. The van der Waals surface area contributed by atoms with Crippen LogP contribution >= 0.6 is 0 Å². The normalized spacial score (nSPS) is 20.4. The molecule has 24 heavy (non-hydrogen) atoms. The van der Waals surface area contributed by atoms with Crippen LogP contribution in [0.25, 0.3) is 0 Å². The van der Waals surface area contributed by atoms with Crippen LogP contribution in [0.5, 0.6) is 0 Å². The van der Waals surface area contributed by atoms with E-state index in [0.29, 0.717) is 11.1 Å². The highest BCUT2D eigenvalue weighted by molar-refractivity contribution is 5.76. The number of halogens is 3. The molecule has 0 aliphatic carbocycles. The Morgan fingerprint density at radius 3 is 2.50 bits per heavy atom. The van der Waals surface area contributed by atoms with E-state index in [9.17, 15) is 22.8 Å². The standard InChI is InChI=1S/C17H19F3O4/c1-9-4-12(6-13(5-9)17(18,19)20)10(2)11(3)16(22)24-14-7-15(21)23-8-14/h4-6,10-11,14H,7-8H2,1-3H3. The molecule has 1 saturated heterocycles. The largest absolute Gasteiger partial charge is 0.462 e. The smallest absolute Gasteiger partial charge is 0.416 e. The molecule has 0 amide bonds. The van der Waals surface area contributed by atoms with E-state index in [1.807, 2.05) is 0 Å². The minimum atomic E-state index is -4.44. The Labute approximate surface area is 137 Å². The molecule has 0 spiro atoms. The molecule has 4 nitrogen and oxygen atoms in total. The number of ether oxygens (including phenoxy) is 2. The minimum absolute atomic E-state index is 0.00943. The van der Waals surface area contributed by atoms with Crippen molar-refractivity contribution in [1.82, 2.24) is 0 Å². The molecule has 0 radical (unpaired) electrons. The number of alkyl halides is 3. The van der Waals surface area contributed by atoms with E-state index in [2.05, 4.69) is 0 Å². The maximum Gasteiger partial charge on any atom is 0.416 e. The number of cyclic esters (lactones) is 1. The van der Waals surface area contributed by atoms with Crippen LogP contribution in [0.4, 0.5) is 13.2 Å². The number of hydrogen-bond donors (Lipinski definition) is 0. The van der Waals surface area contributed by atoms with Crippen molar-refractivity contribution in [2.75, 3.05) is 6.61 Å². The number of carbonyl (C=O) groups is 2. The average molecular weight is 344 g/mol. The zero-order valence-electron chi connectivity index (χ0n) is 13.6. The maximum absolute atomic E-state index is 12.9. The van der Waals surface area contributed by atoms with Crippen LogP contribution in [-0.4, -0.2) is 24.6 Å². The van der Waals surface area contributed by atoms with E-state index in [4.69, 9.17) is 9.47 Å². The zero-order chi connectivity index (χ0) is 18.1. The van der Waals surface area contributed by atoms with Crippen LogP contribution in [0, 0.1) is 12.8 Å². The summed E-state index contributed by atoms with van der Waals surface area (Å²) in [7, 11) is 0. The van der Waals surface area contributed by atoms with Crippen LogP contribution in [-0.2, 0) is 25.2 Å². The van der Waals surface area contributed by atoms with Gasteiger partial charge >= 0.3 is 18.1 Å². The van der Waals surface area contributed by atoms with Gasteiger partial charge in [0.25, 0.3) is 0 Å². The fraction of sp³-hybridized carbons (Fsp3) is 0.529. The predicted octanol–water partition coefficient (Wildman–Crippen LogP) is 3.61. The Morgan fingerprint density at radius 2 is 1.96 bits per heavy atom. The van der Waals surface area contributed by atoms with Crippen LogP contribution in [0.3, 0.4) is 0 Å². The molecule has 1 aliphatic heterocycles. The quantitative estimate of drug-likeness (QED) is 0.783. The lowest BCUT2D eigenvalue weighted by Crippen LogP contribution is -2.26. The predicted molar refractivity (Wildman–Crippen MR) is 79.2 cm³/mol. The molecule has 1 fully saturated rings. The van der Waals surface area contributed by atoms with Crippen LogP contribution < -0.4 is 0 Å². The number of carbonyl (C=O) groups excluding carboxylic acids is 2. The van der Waals surface area contributed by atoms with Crippen molar-refractivity contribution < 1.29 is 32.2 Å². The molecule has 2 rings (SSSR count). The summed E-state index contributed by atoms with van der Waals surface area (Å²) in [5.41, 5.74) is 0.160. The molecule has 132 valence electrons. The number of esters is 2. The van der Waals surface area contributed by atoms with Gasteiger partial charge < -0.3 is 9.47 Å². The molecule has 3 unspecified atom stereocenters. The summed E-state index contributed by atoms with van der Waals surface area (Å²) in [5, 5.41) is 0. The molecular formula is C17H19F3O4. The van der Waals surface area contributed by atoms with Crippen LogP contribution in [0.2, 0.25) is 0 Å². The fourth-order valence-corrected chi connectivity index (χ4v) is 2.57. The molecule has 0 saturated carbocycles. The van der Waals surface area contributed by atoms with Crippen molar-refractivity contribution in [3.63, 3.8) is 0 Å². The van der Waals surface area contributed by atoms with Crippen molar-refractivity contribution in [2.24, 2.45) is 5.92 Å². The highest BCUT2D eigenvalue weighted by Gasteiger charge is 2.34. The fourth-order valence-electron chi connectivity index (χ4n) is 2.57. The molecule has 7 heteroatoms. The molecule has 1 aliphatic rings. The molecule has 1 aromatic rings. The number of hydrogen-bond acceptors (Lipinski definition) is 4. The SMILES string of the molecule is Cc1cc(C(C)C(C)C(=O)OC2COC(=O)C2)cc(C(F)(F)F)c1. The van der Waals surface area contributed by atoms with Gasteiger partial charge in [-0.05, 0) is 30.5 Å². The summed E-state index contributed by atoms with van der Waals surface area (Å²) in [6.07, 6.45) is -5.05. The van der Waals surface area contributed by atoms with Crippen LogP contribution in [0.1, 0.15) is 42.9 Å². The molecule has 1 aromatic carbocycles. The Kier molecular flexibility index (Phi) is 5.20. The molecule has 0 N–H and O–H groups in total. The number of aryl methyl sites for hydroxylation is 1. The highest BCUT2D eigenvalue weighted by atomic mass is 19.4. The summed E-state index contributed by atoms with van der Waals surface area (Å²) in [4.78, 5) is 23.2. The summed E-state index contributed by atoms with van der Waals surface area (Å²) in [6.45, 7) is 4.88. The minimum Gasteiger partial charge on any atom is -0.462 e. The monoisotopic (exact) mass is 344 g/mol. The topological polar surface area (TPSA) is 52.6 Å². The van der Waals surface area contributed by atoms with E-state index in [0.717, 1.165) is 12.1 Å². The van der Waals surface area contributed by atoms with Gasteiger partial charge in [0.2, 0.25) is 0 Å². The van der Waals surface area contributed by atoms with Crippen molar-refractivity contribution in [1.29, 1.82) is 0 Å². The Balaban J connectivity index is 2.12. The molecule has 3 atom stereocenters. The first-order valence-electron chi connectivity index (χ1n) is 7.63. The Morgan fingerprint density at radius 1 is 1.29 bits per heavy atom. The van der Waals surface area contributed by atoms with Gasteiger partial charge in [-0.25, -0.2) is 0 Å². The first-order chi connectivity index (χ1) is 11.1. The lowest BCUT2D eigenvalue weighted by Gasteiger charge is -2.22. The molecule has 1 heterocycles. The van der Waals surface area contributed by atoms with E-state index in [1.165, 1.54) is 0 Å². The van der Waals surface area contributed by atoms with E-state index < -0.39 is 41.6 Å². The van der Waals surface area contributed by atoms with Gasteiger partial charge in [-0.2, -0.15) is 13.2 Å². The first-order valence-corrected chi connectivity index (χ1v) is 7.63. The van der Waals surface area contributed by atoms with Crippen LogP contribution in [0.15, 0.2) is 18.2 Å². The second-order valence-electron chi connectivity index (χ2n) is 6.15. The van der Waals surface area contributed by atoms with Gasteiger partial charge in [-0.3, -0.25) is 9.59 Å². The average Bonchev–Trinajstić information content (AvgIpc) is 2.89. The van der Waals surface area contributed by atoms with E-state index in [-0.39, 0.29) is 13.0 Å². The van der Waals surface area contributed by atoms with Gasteiger partial charge in [0, 0.05) is 0 Å². The lowest BCUT2D eigenvalue weighted by molar-refractivity contribution is -0.154. The van der Waals surface area contributed by atoms with Crippen molar-refractivity contribution >= 4 is 11.9 Å². The maximum atomic E-state index is 12.9. The lowest BCUT2D eigenvalue weighted by atomic mass is 9.87. The molecular weight excluding hydrogens is 325 g/mol. The summed E-state index contributed by atoms with van der Waals surface area (Å²) >= 11 is 0. The second-order valence-corrected chi connectivity index (χ2v) is 6.15. The molecule has 0 aromatic heterocycles. The molecule has 0 bridgehead atoms. The highest BCUT2D eigenvalue weighted by Crippen LogP contribution is 2.34. The van der Waals surface area contributed by atoms with E-state index in [1.54, 1.807) is 26.8 Å². The third-order valence-electron chi connectivity index (χ3n) is 4.18. The third kappa shape index (κ3) is 4.27. The van der Waals surface area contributed by atoms with Gasteiger partial charge in [0.15, 0.2) is 0 Å². The van der Waals surface area contributed by atoms with Crippen molar-refractivity contribution in [3.05, 3.63) is 34.9 Å². The van der Waals surface area contributed by atoms with Crippen molar-refractivity contribution in [2.45, 2.75) is 45.4 Å². The summed E-state index contributed by atoms with van der Waals surface area (Å²) in [5.74, 6) is -2.09. The number of rotatable bonds is 4. The summed E-state index contributed by atoms with van der Waals surface area (Å²) < 4.78 is 48.7. The van der Waals surface area contributed by atoms with Gasteiger partial charge in [-0.1, -0.05) is 25.5 Å². The second kappa shape index (κ2) is 6.83. The van der Waals surface area contributed by atoms with Crippen molar-refractivity contribution in [3.8, 4) is 0 Å². The van der Waals surface area contributed by atoms with Gasteiger partial charge in [0.05, 0.1) is 17.9 Å². The first kappa shape index (κ1) is 18.3. The zero-order valence-corrected chi connectivity index (χ0v) is 13.6. The van der Waals surface area contributed by atoms with E-state index >= 15 is 0 Å². The third-order valence-corrected chi connectivity index (χ3v) is 4.18. The Bertz CT molecular complexity index is 639. The van der Waals surface area contributed by atoms with Gasteiger partial charge in [0.1, 0.15) is 12.7 Å². The Hall–Kier alpha value is -2.05. The van der Waals surface area contributed by atoms with Gasteiger partial charge in [-0.15, -0.1) is 0 Å². The summed E-state index contributed by atoms with van der Waals surface area (Å²) in [6, 6.07) is 3.76.